The van der Waals surface area contributed by atoms with Gasteiger partial charge in [0.25, 0.3) is 5.91 Å². The second-order valence-electron chi connectivity index (χ2n) is 5.86. The van der Waals surface area contributed by atoms with Crippen LogP contribution in [0.5, 0.6) is 11.5 Å². The number of nitrogens with one attached hydrogen (secondary N) is 1. The molecule has 0 fully saturated rings. The summed E-state index contributed by atoms with van der Waals surface area (Å²) >= 11 is 3.31. The summed E-state index contributed by atoms with van der Waals surface area (Å²) < 4.78 is 16.9. The fraction of sp³-hybridized carbons (Fsp3) is 0.100. The lowest BCUT2D eigenvalue weighted by molar-refractivity contribution is -0.386. The smallest absolute Gasteiger partial charge is 0.310 e. The molecule has 2 aromatic carbocycles. The normalized spacial score (nSPS) is 10.7. The maximum Gasteiger partial charge on any atom is 0.310 e. The highest BCUT2D eigenvalue weighted by Gasteiger charge is 2.14. The summed E-state index contributed by atoms with van der Waals surface area (Å²) in [5.41, 5.74) is 2.59. The van der Waals surface area contributed by atoms with Gasteiger partial charge in [-0.1, -0.05) is 28.1 Å². The highest BCUT2D eigenvalue weighted by atomic mass is 79.9. The van der Waals surface area contributed by atoms with Crippen LogP contribution in [-0.2, 0) is 6.61 Å². The van der Waals surface area contributed by atoms with Crippen LogP contribution >= 0.6 is 15.9 Å². The van der Waals surface area contributed by atoms with Crippen LogP contribution in [0, 0.1) is 10.1 Å². The van der Waals surface area contributed by atoms with E-state index in [9.17, 15) is 14.9 Å². The van der Waals surface area contributed by atoms with Gasteiger partial charge >= 0.3 is 5.69 Å². The number of rotatable bonds is 8. The van der Waals surface area contributed by atoms with Crippen LogP contribution in [0.4, 0.5) is 5.69 Å². The first-order valence-electron chi connectivity index (χ1n) is 8.60. The maximum absolute atomic E-state index is 12.3. The van der Waals surface area contributed by atoms with E-state index in [4.69, 9.17) is 13.9 Å². The van der Waals surface area contributed by atoms with Crippen molar-refractivity contribution in [2.24, 2.45) is 5.10 Å². The average molecular weight is 474 g/mol. The lowest BCUT2D eigenvalue weighted by Gasteiger charge is -2.07. The first-order chi connectivity index (χ1) is 14.5. The summed E-state index contributed by atoms with van der Waals surface area (Å²) in [7, 11) is 1.47. The number of amides is 1. The number of nitro groups is 1. The first-order valence-corrected chi connectivity index (χ1v) is 9.39. The summed E-state index contributed by atoms with van der Waals surface area (Å²) in [6.07, 6.45) is 1.33. The van der Waals surface area contributed by atoms with Crippen LogP contribution in [0.25, 0.3) is 0 Å². The Morgan fingerprint density at radius 1 is 1.23 bits per heavy atom. The predicted octanol–water partition coefficient (Wildman–Crippen LogP) is 4.30. The van der Waals surface area contributed by atoms with E-state index in [-0.39, 0.29) is 18.0 Å². The monoisotopic (exact) mass is 473 g/mol. The van der Waals surface area contributed by atoms with Gasteiger partial charge in [0.05, 0.1) is 23.8 Å². The van der Waals surface area contributed by atoms with Crippen LogP contribution in [0.15, 0.2) is 68.6 Å². The molecule has 0 unspecified atom stereocenters. The van der Waals surface area contributed by atoms with E-state index in [1.807, 2.05) is 0 Å². The van der Waals surface area contributed by atoms with Crippen molar-refractivity contribution in [2.75, 3.05) is 7.11 Å². The number of halogens is 1. The van der Waals surface area contributed by atoms with Crippen LogP contribution in [0.1, 0.15) is 21.9 Å². The van der Waals surface area contributed by atoms with Crippen molar-refractivity contribution < 1.29 is 23.6 Å². The molecule has 1 heterocycles. The molecule has 0 atom stereocenters. The Kier molecular flexibility index (Phi) is 6.81. The number of hydrogen-bond acceptors (Lipinski definition) is 7. The summed E-state index contributed by atoms with van der Waals surface area (Å²) in [5, 5.41) is 14.9. The van der Waals surface area contributed by atoms with Gasteiger partial charge in [0.2, 0.25) is 0 Å². The molecule has 0 saturated heterocycles. The number of nitrogens with zero attached hydrogens (tertiary/aromatic N) is 2. The highest BCUT2D eigenvalue weighted by Crippen LogP contribution is 2.27. The maximum atomic E-state index is 12.3. The number of para-hydroxylation sites is 2. The fourth-order valence-electron chi connectivity index (χ4n) is 2.49. The number of benzene rings is 2. The third-order valence-corrected chi connectivity index (χ3v) is 4.37. The van der Waals surface area contributed by atoms with Gasteiger partial charge in [-0.25, -0.2) is 5.43 Å². The number of carbonyl (C=O) groups is 1. The van der Waals surface area contributed by atoms with Crippen LogP contribution in [-0.4, -0.2) is 24.2 Å². The van der Waals surface area contributed by atoms with Crippen molar-refractivity contribution in [2.45, 2.75) is 6.61 Å². The quantitative estimate of drug-likeness (QED) is 0.296. The Hall–Kier alpha value is -3.66. The van der Waals surface area contributed by atoms with Gasteiger partial charge in [-0.15, -0.1) is 0 Å². The lowest BCUT2D eigenvalue weighted by Crippen LogP contribution is -2.18. The van der Waals surface area contributed by atoms with E-state index >= 15 is 0 Å². The zero-order valence-corrected chi connectivity index (χ0v) is 17.3. The Morgan fingerprint density at radius 3 is 2.80 bits per heavy atom. The zero-order chi connectivity index (χ0) is 21.5. The standard InChI is InChI=1S/C20H16BrN3O6/c1-28-18-9-6-13(21)10-16(18)20(25)23-22-11-14-7-8-15(30-14)12-29-19-5-3-2-4-17(19)24(26)27/h2-11H,12H2,1H3,(H,23,25)/b22-11-. The van der Waals surface area contributed by atoms with E-state index < -0.39 is 10.8 Å². The van der Waals surface area contributed by atoms with Crippen molar-refractivity contribution in [3.63, 3.8) is 0 Å². The molecule has 3 rings (SSSR count). The number of ether oxygens (including phenoxy) is 2. The summed E-state index contributed by atoms with van der Waals surface area (Å²) in [4.78, 5) is 22.8. The minimum Gasteiger partial charge on any atom is -0.496 e. The molecule has 30 heavy (non-hydrogen) atoms. The van der Waals surface area contributed by atoms with Gasteiger partial charge in [-0.05, 0) is 36.4 Å². The average Bonchev–Trinajstić information content (AvgIpc) is 3.20. The van der Waals surface area contributed by atoms with E-state index in [1.165, 1.54) is 25.5 Å². The molecule has 0 radical (unpaired) electrons. The Bertz CT molecular complexity index is 1100. The Labute approximate surface area is 179 Å². The molecular weight excluding hydrogens is 458 g/mol. The van der Waals surface area contributed by atoms with E-state index in [0.717, 1.165) is 4.47 Å². The molecule has 0 bridgehead atoms. The number of hydrogen-bond donors (Lipinski definition) is 1. The molecule has 154 valence electrons. The Morgan fingerprint density at radius 2 is 2.03 bits per heavy atom. The summed E-state index contributed by atoms with van der Waals surface area (Å²) in [5.74, 6) is 0.922. The molecule has 3 aromatic rings. The topological polar surface area (TPSA) is 116 Å². The molecule has 0 aliphatic heterocycles. The molecule has 1 N–H and O–H groups in total. The Balaban J connectivity index is 1.59. The molecule has 0 spiro atoms. The van der Waals surface area contributed by atoms with Crippen LogP contribution in [0.2, 0.25) is 0 Å². The second-order valence-corrected chi connectivity index (χ2v) is 6.78. The van der Waals surface area contributed by atoms with E-state index in [0.29, 0.717) is 22.8 Å². The molecular formula is C20H16BrN3O6. The lowest BCUT2D eigenvalue weighted by atomic mass is 10.2. The molecule has 1 aromatic heterocycles. The summed E-state index contributed by atoms with van der Waals surface area (Å²) in [6, 6.07) is 14.4. The number of furan rings is 1. The SMILES string of the molecule is COc1ccc(Br)cc1C(=O)N/N=C\c1ccc(COc2ccccc2[N+](=O)[O-])o1. The van der Waals surface area contributed by atoms with Crippen molar-refractivity contribution in [1.82, 2.24) is 5.43 Å². The molecule has 9 nitrogen and oxygen atoms in total. The van der Waals surface area contributed by atoms with Crippen molar-refractivity contribution in [3.8, 4) is 11.5 Å². The fourth-order valence-corrected chi connectivity index (χ4v) is 2.85. The molecule has 0 aliphatic rings. The molecule has 0 aliphatic carbocycles. The first kappa shape index (κ1) is 21.1. The predicted molar refractivity (Wildman–Crippen MR) is 112 cm³/mol. The van der Waals surface area contributed by atoms with Crippen molar-refractivity contribution in [1.29, 1.82) is 0 Å². The van der Waals surface area contributed by atoms with Gasteiger partial charge in [-0.3, -0.25) is 14.9 Å². The number of methoxy groups -OCH3 is 1. The van der Waals surface area contributed by atoms with Gasteiger partial charge in [0.1, 0.15) is 23.9 Å². The van der Waals surface area contributed by atoms with Gasteiger partial charge in [0.15, 0.2) is 5.75 Å². The minimum atomic E-state index is -0.515. The van der Waals surface area contributed by atoms with Crippen molar-refractivity contribution in [3.05, 3.63) is 86.3 Å². The third-order valence-electron chi connectivity index (χ3n) is 3.88. The van der Waals surface area contributed by atoms with Gasteiger partial charge < -0.3 is 13.9 Å². The minimum absolute atomic E-state index is 0.000291. The third kappa shape index (κ3) is 5.23. The van der Waals surface area contributed by atoms with Crippen molar-refractivity contribution >= 4 is 33.7 Å². The molecule has 0 saturated carbocycles. The molecule has 10 heteroatoms. The van der Waals surface area contributed by atoms with Gasteiger partial charge in [0, 0.05) is 10.5 Å². The van der Waals surface area contributed by atoms with E-state index in [2.05, 4.69) is 26.5 Å². The number of carbonyl (C=O) groups excluding carboxylic acids is 1. The number of nitro benzene ring substituents is 1. The number of hydrazone groups is 1. The van der Waals surface area contributed by atoms with E-state index in [1.54, 1.807) is 42.5 Å². The second kappa shape index (κ2) is 9.70. The van der Waals surface area contributed by atoms with Crippen LogP contribution in [0.3, 0.4) is 0 Å². The van der Waals surface area contributed by atoms with Crippen LogP contribution < -0.4 is 14.9 Å². The largest absolute Gasteiger partial charge is 0.496 e. The van der Waals surface area contributed by atoms with Gasteiger partial charge in [-0.2, -0.15) is 5.10 Å². The molecule has 1 amide bonds. The highest BCUT2D eigenvalue weighted by molar-refractivity contribution is 9.10. The summed E-state index contributed by atoms with van der Waals surface area (Å²) in [6.45, 7) is 0.000291. The zero-order valence-electron chi connectivity index (χ0n) is 15.7.